The molecule has 1 fully saturated rings. The van der Waals surface area contributed by atoms with Crippen LogP contribution >= 0.6 is 11.5 Å². The number of aromatic nitrogens is 4. The van der Waals surface area contributed by atoms with E-state index in [1.165, 1.54) is 11.5 Å². The molecule has 2 aromatic heterocycles. The van der Waals surface area contributed by atoms with Gasteiger partial charge in [0.2, 0.25) is 0 Å². The molecular weight excluding hydrogens is 310 g/mol. The van der Waals surface area contributed by atoms with Crippen molar-refractivity contribution in [1.82, 2.24) is 24.0 Å². The number of nitrogens with zero attached hydrogens (tertiary/aromatic N) is 5. The van der Waals surface area contributed by atoms with Crippen LogP contribution in [0.3, 0.4) is 0 Å². The predicted molar refractivity (Wildman–Crippen MR) is 89.7 cm³/mol. The van der Waals surface area contributed by atoms with E-state index < -0.39 is 0 Å². The highest BCUT2D eigenvalue weighted by Gasteiger charge is 2.28. The number of piperidine rings is 1. The van der Waals surface area contributed by atoms with Crippen molar-refractivity contribution in [2.75, 3.05) is 13.1 Å². The highest BCUT2D eigenvalue weighted by atomic mass is 32.1. The zero-order valence-corrected chi connectivity index (χ0v) is 15.0. The van der Waals surface area contributed by atoms with Gasteiger partial charge in [-0.05, 0) is 58.0 Å². The normalized spacial score (nSPS) is 18.4. The molecule has 0 aliphatic carbocycles. The fourth-order valence-electron chi connectivity index (χ4n) is 3.32. The van der Waals surface area contributed by atoms with Gasteiger partial charge in [-0.15, -0.1) is 0 Å². The van der Waals surface area contributed by atoms with Crippen LogP contribution in [0.5, 0.6) is 0 Å². The van der Waals surface area contributed by atoms with Crippen molar-refractivity contribution in [2.45, 2.75) is 47.1 Å². The predicted octanol–water partition coefficient (Wildman–Crippen LogP) is 2.52. The Morgan fingerprint density at radius 2 is 2.09 bits per heavy atom. The molecule has 0 N–H and O–H groups in total. The highest BCUT2D eigenvalue weighted by Crippen LogP contribution is 2.24. The van der Waals surface area contributed by atoms with Crippen molar-refractivity contribution in [3.63, 3.8) is 0 Å². The van der Waals surface area contributed by atoms with Gasteiger partial charge in [0.1, 0.15) is 11.6 Å². The van der Waals surface area contributed by atoms with Gasteiger partial charge < -0.3 is 4.90 Å². The molecule has 1 atom stereocenters. The van der Waals surface area contributed by atoms with E-state index >= 15 is 0 Å². The van der Waals surface area contributed by atoms with E-state index in [0.717, 1.165) is 60.3 Å². The summed E-state index contributed by atoms with van der Waals surface area (Å²) in [5, 5.41) is 4.45. The minimum absolute atomic E-state index is 0.130. The molecule has 1 unspecified atom stereocenters. The Balaban J connectivity index is 1.71. The first-order valence-corrected chi connectivity index (χ1v) is 8.83. The number of rotatable bonds is 3. The largest absolute Gasteiger partial charge is 0.338 e. The van der Waals surface area contributed by atoms with Crippen LogP contribution in [-0.4, -0.2) is 43.0 Å². The summed E-state index contributed by atoms with van der Waals surface area (Å²) in [6.07, 6.45) is 2.17. The van der Waals surface area contributed by atoms with Gasteiger partial charge in [-0.25, -0.2) is 9.67 Å². The fourth-order valence-corrected chi connectivity index (χ4v) is 4.02. The number of hydrogen-bond donors (Lipinski definition) is 0. The third-order valence-electron chi connectivity index (χ3n) is 4.45. The molecule has 0 radical (unpaired) electrons. The highest BCUT2D eigenvalue weighted by molar-refractivity contribution is 7.06. The van der Waals surface area contributed by atoms with E-state index in [1.54, 1.807) is 0 Å². The summed E-state index contributed by atoms with van der Waals surface area (Å²) in [6.45, 7) is 10.2. The second kappa shape index (κ2) is 6.39. The lowest BCUT2D eigenvalue weighted by atomic mass is 9.97. The number of carbonyl (C=O) groups excluding carboxylic acids is 1. The zero-order chi connectivity index (χ0) is 16.6. The Hall–Kier alpha value is -1.76. The molecule has 1 aliphatic rings. The molecule has 6 nitrogen and oxygen atoms in total. The molecule has 124 valence electrons. The summed E-state index contributed by atoms with van der Waals surface area (Å²) in [4.78, 5) is 20.2. The maximum Gasteiger partial charge on any atom is 0.256 e. The summed E-state index contributed by atoms with van der Waals surface area (Å²) in [7, 11) is 0. The lowest BCUT2D eigenvalue weighted by Gasteiger charge is -2.33. The molecule has 1 saturated heterocycles. The molecule has 3 rings (SSSR count). The molecule has 0 aromatic carbocycles. The quantitative estimate of drug-likeness (QED) is 0.866. The maximum atomic E-state index is 12.8. The fraction of sp³-hybridized carbons (Fsp3) is 0.625. The van der Waals surface area contributed by atoms with Crippen LogP contribution in [0.15, 0.2) is 0 Å². The summed E-state index contributed by atoms with van der Waals surface area (Å²) < 4.78 is 6.27. The van der Waals surface area contributed by atoms with Crippen molar-refractivity contribution in [3.05, 3.63) is 27.8 Å². The molecule has 3 heterocycles. The van der Waals surface area contributed by atoms with E-state index in [2.05, 4.69) is 14.5 Å². The molecule has 23 heavy (non-hydrogen) atoms. The van der Waals surface area contributed by atoms with Crippen LogP contribution in [0.4, 0.5) is 0 Å². The summed E-state index contributed by atoms with van der Waals surface area (Å²) >= 11 is 1.41. The van der Waals surface area contributed by atoms with Crippen LogP contribution in [0.2, 0.25) is 0 Å². The molecule has 1 amide bonds. The molecular formula is C16H23N5OS. The number of aryl methyl sites for hydroxylation is 4. The lowest BCUT2D eigenvalue weighted by molar-refractivity contribution is 0.0658. The standard InChI is InChI=1S/C16H23N5OS/c1-10-15(11(2)23-19-10)16(22)20-7-5-6-14(8-20)9-21-13(4)17-12(3)18-21/h14H,5-9H2,1-4H3. The van der Waals surface area contributed by atoms with Gasteiger partial charge in [0.05, 0.1) is 11.3 Å². The van der Waals surface area contributed by atoms with Crippen LogP contribution in [0.25, 0.3) is 0 Å². The van der Waals surface area contributed by atoms with Crippen LogP contribution in [0.1, 0.15) is 45.4 Å². The first-order valence-electron chi connectivity index (χ1n) is 8.06. The minimum atomic E-state index is 0.130. The smallest absolute Gasteiger partial charge is 0.256 e. The van der Waals surface area contributed by atoms with E-state index in [9.17, 15) is 4.79 Å². The molecule has 1 aliphatic heterocycles. The Kier molecular flexibility index (Phi) is 4.48. The molecule has 0 bridgehead atoms. The summed E-state index contributed by atoms with van der Waals surface area (Å²) in [5.74, 6) is 2.31. The van der Waals surface area contributed by atoms with Gasteiger partial charge in [0.25, 0.3) is 5.91 Å². The number of hydrogen-bond acceptors (Lipinski definition) is 5. The Morgan fingerprint density at radius 3 is 2.70 bits per heavy atom. The lowest BCUT2D eigenvalue weighted by Crippen LogP contribution is -2.41. The monoisotopic (exact) mass is 333 g/mol. The Bertz CT molecular complexity index is 701. The topological polar surface area (TPSA) is 63.9 Å². The van der Waals surface area contributed by atoms with Gasteiger partial charge in [0.15, 0.2) is 0 Å². The Labute approximate surface area is 140 Å². The van der Waals surface area contributed by atoms with Crippen molar-refractivity contribution in [3.8, 4) is 0 Å². The van der Waals surface area contributed by atoms with Crippen LogP contribution in [-0.2, 0) is 6.54 Å². The second-order valence-electron chi connectivity index (χ2n) is 6.35. The van der Waals surface area contributed by atoms with E-state index in [4.69, 9.17) is 0 Å². The third-order valence-corrected chi connectivity index (χ3v) is 5.29. The van der Waals surface area contributed by atoms with Crippen molar-refractivity contribution in [1.29, 1.82) is 0 Å². The van der Waals surface area contributed by atoms with Gasteiger partial charge in [-0.1, -0.05) is 0 Å². The van der Waals surface area contributed by atoms with Crippen LogP contribution in [0, 0.1) is 33.6 Å². The summed E-state index contributed by atoms with van der Waals surface area (Å²) in [5.41, 5.74) is 1.64. The molecule has 7 heteroatoms. The summed E-state index contributed by atoms with van der Waals surface area (Å²) in [6, 6.07) is 0. The van der Waals surface area contributed by atoms with E-state index in [-0.39, 0.29) is 5.91 Å². The third kappa shape index (κ3) is 3.29. The van der Waals surface area contributed by atoms with Gasteiger partial charge in [0, 0.05) is 24.5 Å². The van der Waals surface area contributed by atoms with E-state index in [1.807, 2.05) is 37.3 Å². The van der Waals surface area contributed by atoms with E-state index in [0.29, 0.717) is 5.92 Å². The SMILES string of the molecule is Cc1nc(C)n(CC2CCCN(C(=O)c3c(C)nsc3C)C2)n1. The van der Waals surface area contributed by atoms with Crippen molar-refractivity contribution >= 4 is 17.4 Å². The first-order chi connectivity index (χ1) is 11.0. The molecule has 0 spiro atoms. The Morgan fingerprint density at radius 1 is 1.30 bits per heavy atom. The average Bonchev–Trinajstić information content (AvgIpc) is 3.00. The number of carbonyl (C=O) groups is 1. The second-order valence-corrected chi connectivity index (χ2v) is 7.32. The van der Waals surface area contributed by atoms with Gasteiger partial charge in [-0.3, -0.25) is 4.79 Å². The van der Waals surface area contributed by atoms with Crippen LogP contribution < -0.4 is 0 Å². The van der Waals surface area contributed by atoms with Gasteiger partial charge >= 0.3 is 0 Å². The van der Waals surface area contributed by atoms with Crippen molar-refractivity contribution in [2.24, 2.45) is 5.92 Å². The zero-order valence-electron chi connectivity index (χ0n) is 14.2. The molecule has 0 saturated carbocycles. The maximum absolute atomic E-state index is 12.8. The number of amides is 1. The number of likely N-dealkylation sites (tertiary alicyclic amines) is 1. The van der Waals surface area contributed by atoms with Crippen molar-refractivity contribution < 1.29 is 4.79 Å². The first kappa shape index (κ1) is 16.1. The minimum Gasteiger partial charge on any atom is -0.338 e. The molecule has 2 aromatic rings. The van der Waals surface area contributed by atoms with Gasteiger partial charge in [-0.2, -0.15) is 9.47 Å². The average molecular weight is 333 g/mol.